The Kier molecular flexibility index (Phi) is 5.58. The first-order valence-electron chi connectivity index (χ1n) is 7.93. The zero-order valence-electron chi connectivity index (χ0n) is 13.8. The van der Waals surface area contributed by atoms with Gasteiger partial charge in [0.05, 0.1) is 0 Å². The highest BCUT2D eigenvalue weighted by Crippen LogP contribution is 2.19. The molecule has 0 amide bonds. The first-order valence-corrected chi connectivity index (χ1v) is 7.93. The van der Waals surface area contributed by atoms with Crippen LogP contribution < -0.4 is 0 Å². The molecule has 0 aliphatic carbocycles. The summed E-state index contributed by atoms with van der Waals surface area (Å²) in [6.07, 6.45) is 1.19. The summed E-state index contributed by atoms with van der Waals surface area (Å²) in [4.78, 5) is 2.56. The van der Waals surface area contributed by atoms with Crippen LogP contribution >= 0.6 is 0 Å². The molecule has 0 heterocycles. The van der Waals surface area contributed by atoms with E-state index >= 15 is 0 Å². The van der Waals surface area contributed by atoms with Crippen LogP contribution in [0.4, 0.5) is 0 Å². The Morgan fingerprint density at radius 1 is 0.857 bits per heavy atom. The van der Waals surface area contributed by atoms with Gasteiger partial charge in [-0.2, -0.15) is 0 Å². The normalized spacial score (nSPS) is 11.1. The van der Waals surface area contributed by atoms with Gasteiger partial charge in [0.15, 0.2) is 0 Å². The molecule has 0 aliphatic rings. The summed E-state index contributed by atoms with van der Waals surface area (Å²) in [5.74, 6) is 0. The SMILES string of the molecule is CCCN(Cc1ccccc1)Cc1c(C)cc(C)cc1C. The molecule has 0 atom stereocenters. The highest BCUT2D eigenvalue weighted by molar-refractivity contribution is 5.37. The van der Waals surface area contributed by atoms with Crippen molar-refractivity contribution in [1.82, 2.24) is 4.90 Å². The third kappa shape index (κ3) is 4.44. The van der Waals surface area contributed by atoms with E-state index in [0.29, 0.717) is 0 Å². The van der Waals surface area contributed by atoms with E-state index in [9.17, 15) is 0 Å². The second-order valence-electron chi connectivity index (χ2n) is 6.07. The summed E-state index contributed by atoms with van der Waals surface area (Å²) in [6.45, 7) is 12.1. The molecule has 0 fully saturated rings. The molecule has 0 radical (unpaired) electrons. The maximum absolute atomic E-state index is 2.56. The standard InChI is InChI=1S/C20H27N/c1-5-11-21(14-19-9-7-6-8-10-19)15-20-17(3)12-16(2)13-18(20)4/h6-10,12-13H,5,11,14-15H2,1-4H3. The van der Waals surface area contributed by atoms with E-state index in [2.05, 4.69) is 75.1 Å². The molecular weight excluding hydrogens is 254 g/mol. The lowest BCUT2D eigenvalue weighted by molar-refractivity contribution is 0.256. The summed E-state index contributed by atoms with van der Waals surface area (Å²) >= 11 is 0. The third-order valence-corrected chi connectivity index (χ3v) is 4.01. The maximum atomic E-state index is 2.56. The fourth-order valence-corrected chi connectivity index (χ4v) is 3.05. The van der Waals surface area contributed by atoms with Crippen molar-refractivity contribution in [2.45, 2.75) is 47.2 Å². The number of hydrogen-bond donors (Lipinski definition) is 0. The largest absolute Gasteiger partial charge is 0.295 e. The quantitative estimate of drug-likeness (QED) is 0.718. The van der Waals surface area contributed by atoms with Crippen molar-refractivity contribution in [3.05, 3.63) is 70.3 Å². The van der Waals surface area contributed by atoms with E-state index in [1.54, 1.807) is 0 Å². The van der Waals surface area contributed by atoms with Crippen LogP contribution in [0.3, 0.4) is 0 Å². The molecule has 0 bridgehead atoms. The molecule has 1 heteroatoms. The summed E-state index contributed by atoms with van der Waals surface area (Å²) in [6, 6.07) is 15.4. The van der Waals surface area contributed by atoms with E-state index in [-0.39, 0.29) is 0 Å². The van der Waals surface area contributed by atoms with E-state index in [0.717, 1.165) is 19.6 Å². The van der Waals surface area contributed by atoms with Crippen molar-refractivity contribution in [3.63, 3.8) is 0 Å². The first kappa shape index (κ1) is 15.8. The lowest BCUT2D eigenvalue weighted by Gasteiger charge is -2.24. The molecule has 2 aromatic rings. The van der Waals surface area contributed by atoms with Crippen LogP contribution in [0.2, 0.25) is 0 Å². The van der Waals surface area contributed by atoms with E-state index in [4.69, 9.17) is 0 Å². The smallest absolute Gasteiger partial charge is 0.0242 e. The van der Waals surface area contributed by atoms with Gasteiger partial charge >= 0.3 is 0 Å². The summed E-state index contributed by atoms with van der Waals surface area (Å²) < 4.78 is 0. The van der Waals surface area contributed by atoms with Crippen molar-refractivity contribution in [2.75, 3.05) is 6.54 Å². The van der Waals surface area contributed by atoms with E-state index in [1.165, 1.54) is 34.2 Å². The van der Waals surface area contributed by atoms with Gasteiger partial charge < -0.3 is 0 Å². The minimum Gasteiger partial charge on any atom is -0.295 e. The minimum absolute atomic E-state index is 1.03. The zero-order valence-corrected chi connectivity index (χ0v) is 13.8. The van der Waals surface area contributed by atoms with Gasteiger partial charge in [0.25, 0.3) is 0 Å². The number of rotatable bonds is 6. The average molecular weight is 281 g/mol. The molecule has 112 valence electrons. The van der Waals surface area contributed by atoms with E-state index in [1.807, 2.05) is 0 Å². The molecule has 2 rings (SSSR count). The van der Waals surface area contributed by atoms with Crippen LogP contribution in [0.1, 0.15) is 41.2 Å². The topological polar surface area (TPSA) is 3.24 Å². The highest BCUT2D eigenvalue weighted by Gasteiger charge is 2.10. The Labute approximate surface area is 129 Å². The van der Waals surface area contributed by atoms with Crippen LogP contribution in [0.15, 0.2) is 42.5 Å². The molecule has 0 aliphatic heterocycles. The van der Waals surface area contributed by atoms with Gasteiger partial charge in [-0.25, -0.2) is 0 Å². The summed E-state index contributed by atoms with van der Waals surface area (Å²) in [7, 11) is 0. The molecule has 1 nitrogen and oxygen atoms in total. The molecule has 0 aromatic heterocycles. The van der Waals surface area contributed by atoms with E-state index < -0.39 is 0 Å². The Bertz CT molecular complexity index is 549. The molecule has 0 unspecified atom stereocenters. The number of aryl methyl sites for hydroxylation is 3. The van der Waals surface area contributed by atoms with Crippen LogP contribution in [0.5, 0.6) is 0 Å². The van der Waals surface area contributed by atoms with Crippen molar-refractivity contribution >= 4 is 0 Å². The molecule has 0 saturated carbocycles. The Hall–Kier alpha value is -1.60. The lowest BCUT2D eigenvalue weighted by Crippen LogP contribution is -2.24. The Morgan fingerprint density at radius 2 is 1.48 bits per heavy atom. The second-order valence-corrected chi connectivity index (χ2v) is 6.07. The van der Waals surface area contributed by atoms with Crippen LogP contribution in [-0.2, 0) is 13.1 Å². The van der Waals surface area contributed by atoms with Gasteiger partial charge in [-0.1, -0.05) is 55.0 Å². The predicted octanol–water partition coefficient (Wildman–Crippen LogP) is 5.02. The fourth-order valence-electron chi connectivity index (χ4n) is 3.05. The Balaban J connectivity index is 2.17. The average Bonchev–Trinajstić information content (AvgIpc) is 2.44. The van der Waals surface area contributed by atoms with Gasteiger partial charge in [0, 0.05) is 13.1 Å². The number of nitrogens with zero attached hydrogens (tertiary/aromatic N) is 1. The van der Waals surface area contributed by atoms with Gasteiger partial charge in [0.1, 0.15) is 0 Å². The molecule has 21 heavy (non-hydrogen) atoms. The predicted molar refractivity (Wildman–Crippen MR) is 91.5 cm³/mol. The van der Waals surface area contributed by atoms with Crippen molar-refractivity contribution < 1.29 is 0 Å². The maximum Gasteiger partial charge on any atom is 0.0242 e. The summed E-state index contributed by atoms with van der Waals surface area (Å²) in [5.41, 5.74) is 7.08. The summed E-state index contributed by atoms with van der Waals surface area (Å²) in [5, 5.41) is 0. The van der Waals surface area contributed by atoms with Crippen LogP contribution in [0.25, 0.3) is 0 Å². The number of hydrogen-bond acceptors (Lipinski definition) is 1. The van der Waals surface area contributed by atoms with Gasteiger partial charge in [-0.05, 0) is 56.0 Å². The van der Waals surface area contributed by atoms with Gasteiger partial charge in [0.2, 0.25) is 0 Å². The second kappa shape index (κ2) is 7.42. The van der Waals surface area contributed by atoms with Gasteiger partial charge in [-0.3, -0.25) is 4.90 Å². The number of benzene rings is 2. The monoisotopic (exact) mass is 281 g/mol. The Morgan fingerprint density at radius 3 is 2.05 bits per heavy atom. The lowest BCUT2D eigenvalue weighted by atomic mass is 9.99. The highest BCUT2D eigenvalue weighted by atomic mass is 15.1. The van der Waals surface area contributed by atoms with Crippen molar-refractivity contribution in [2.24, 2.45) is 0 Å². The zero-order chi connectivity index (χ0) is 15.2. The molecule has 2 aromatic carbocycles. The van der Waals surface area contributed by atoms with Crippen molar-refractivity contribution in [1.29, 1.82) is 0 Å². The van der Waals surface area contributed by atoms with Crippen LogP contribution in [-0.4, -0.2) is 11.4 Å². The van der Waals surface area contributed by atoms with Gasteiger partial charge in [-0.15, -0.1) is 0 Å². The van der Waals surface area contributed by atoms with Crippen molar-refractivity contribution in [3.8, 4) is 0 Å². The first-order chi connectivity index (χ1) is 10.1. The minimum atomic E-state index is 1.03. The molecule has 0 spiro atoms. The fraction of sp³-hybridized carbons (Fsp3) is 0.400. The van der Waals surface area contributed by atoms with Crippen LogP contribution in [0, 0.1) is 20.8 Å². The molecule has 0 saturated heterocycles. The third-order valence-electron chi connectivity index (χ3n) is 4.01. The molecular formula is C20H27N. The molecule has 0 N–H and O–H groups in total.